The zero-order valence-corrected chi connectivity index (χ0v) is 9.52. The number of benzene rings is 1. The number of hydrogen-bond acceptors (Lipinski definition) is 2. The standard InChI is InChI=1S/C14H18O2/c15-10-12-6-8-13(9-7-12)11-16-14-4-2-1-3-5-14/h6-10,14H,1-5,11H2. The Morgan fingerprint density at radius 1 is 1.12 bits per heavy atom. The molecule has 0 radical (unpaired) electrons. The second-order valence-corrected chi connectivity index (χ2v) is 4.43. The lowest BCUT2D eigenvalue weighted by Gasteiger charge is -2.21. The van der Waals surface area contributed by atoms with Gasteiger partial charge in [0.05, 0.1) is 12.7 Å². The van der Waals surface area contributed by atoms with Crippen molar-refractivity contribution < 1.29 is 9.53 Å². The largest absolute Gasteiger partial charge is 0.374 e. The van der Waals surface area contributed by atoms with Crippen LogP contribution in [0.4, 0.5) is 0 Å². The summed E-state index contributed by atoms with van der Waals surface area (Å²) in [6, 6.07) is 7.61. The monoisotopic (exact) mass is 218 g/mol. The van der Waals surface area contributed by atoms with E-state index in [9.17, 15) is 4.79 Å². The lowest BCUT2D eigenvalue weighted by atomic mass is 9.98. The summed E-state index contributed by atoms with van der Waals surface area (Å²) in [6.07, 6.45) is 7.67. The Morgan fingerprint density at radius 2 is 1.81 bits per heavy atom. The maximum absolute atomic E-state index is 10.5. The predicted octanol–water partition coefficient (Wildman–Crippen LogP) is 3.35. The first-order valence-electron chi connectivity index (χ1n) is 6.04. The molecule has 16 heavy (non-hydrogen) atoms. The maximum atomic E-state index is 10.5. The summed E-state index contributed by atoms with van der Waals surface area (Å²) in [7, 11) is 0. The van der Waals surface area contributed by atoms with Gasteiger partial charge in [0, 0.05) is 5.56 Å². The molecule has 0 saturated heterocycles. The fraction of sp³-hybridized carbons (Fsp3) is 0.500. The van der Waals surface area contributed by atoms with Crippen LogP contribution in [0.5, 0.6) is 0 Å². The minimum atomic E-state index is 0.444. The van der Waals surface area contributed by atoms with Crippen LogP contribution in [-0.2, 0) is 11.3 Å². The van der Waals surface area contributed by atoms with Crippen molar-refractivity contribution in [2.45, 2.75) is 44.8 Å². The Bertz CT molecular complexity index is 323. The molecule has 1 aromatic carbocycles. The number of carbonyl (C=O) groups is 1. The molecule has 86 valence electrons. The maximum Gasteiger partial charge on any atom is 0.150 e. The van der Waals surface area contributed by atoms with Gasteiger partial charge < -0.3 is 4.74 Å². The SMILES string of the molecule is O=Cc1ccc(COC2CCCCC2)cc1. The third-order valence-electron chi connectivity index (χ3n) is 3.15. The Morgan fingerprint density at radius 3 is 2.44 bits per heavy atom. The predicted molar refractivity (Wildman–Crippen MR) is 63.5 cm³/mol. The lowest BCUT2D eigenvalue weighted by Crippen LogP contribution is -2.16. The minimum absolute atomic E-state index is 0.444. The van der Waals surface area contributed by atoms with Crippen molar-refractivity contribution in [3.8, 4) is 0 Å². The van der Waals surface area contributed by atoms with Gasteiger partial charge in [-0.15, -0.1) is 0 Å². The zero-order valence-electron chi connectivity index (χ0n) is 9.52. The van der Waals surface area contributed by atoms with E-state index in [1.807, 2.05) is 24.3 Å². The van der Waals surface area contributed by atoms with Gasteiger partial charge in [0.25, 0.3) is 0 Å². The summed E-state index contributed by atoms with van der Waals surface area (Å²) in [4.78, 5) is 10.5. The van der Waals surface area contributed by atoms with Crippen LogP contribution in [0.3, 0.4) is 0 Å². The molecular formula is C14H18O2. The molecule has 0 heterocycles. The Balaban J connectivity index is 1.81. The molecule has 0 aromatic heterocycles. The third-order valence-corrected chi connectivity index (χ3v) is 3.15. The number of aldehydes is 1. The van der Waals surface area contributed by atoms with Crippen molar-refractivity contribution >= 4 is 6.29 Å². The van der Waals surface area contributed by atoms with Crippen LogP contribution < -0.4 is 0 Å². The van der Waals surface area contributed by atoms with E-state index in [2.05, 4.69) is 0 Å². The van der Waals surface area contributed by atoms with Crippen molar-refractivity contribution in [2.24, 2.45) is 0 Å². The van der Waals surface area contributed by atoms with E-state index in [1.165, 1.54) is 32.1 Å². The highest BCUT2D eigenvalue weighted by Gasteiger charge is 2.13. The van der Waals surface area contributed by atoms with E-state index in [4.69, 9.17) is 4.74 Å². The molecule has 0 atom stereocenters. The van der Waals surface area contributed by atoms with Gasteiger partial charge in [-0.3, -0.25) is 4.79 Å². The topological polar surface area (TPSA) is 26.3 Å². The van der Waals surface area contributed by atoms with Gasteiger partial charge in [-0.1, -0.05) is 43.5 Å². The summed E-state index contributed by atoms with van der Waals surface area (Å²) in [5, 5.41) is 0. The molecule has 0 N–H and O–H groups in total. The van der Waals surface area contributed by atoms with Crippen molar-refractivity contribution in [1.82, 2.24) is 0 Å². The molecular weight excluding hydrogens is 200 g/mol. The molecule has 1 aromatic rings. The fourth-order valence-electron chi connectivity index (χ4n) is 2.14. The van der Waals surface area contributed by atoms with Crippen LogP contribution in [-0.4, -0.2) is 12.4 Å². The number of hydrogen-bond donors (Lipinski definition) is 0. The quantitative estimate of drug-likeness (QED) is 0.724. The second-order valence-electron chi connectivity index (χ2n) is 4.43. The molecule has 1 aliphatic rings. The van der Waals surface area contributed by atoms with E-state index >= 15 is 0 Å². The van der Waals surface area contributed by atoms with Crippen molar-refractivity contribution in [3.63, 3.8) is 0 Å². The number of ether oxygens (including phenoxy) is 1. The summed E-state index contributed by atoms with van der Waals surface area (Å²) in [6.45, 7) is 0.670. The first kappa shape index (κ1) is 11.3. The van der Waals surface area contributed by atoms with Crippen LogP contribution in [0.25, 0.3) is 0 Å². The van der Waals surface area contributed by atoms with Crippen LogP contribution in [0.1, 0.15) is 48.0 Å². The van der Waals surface area contributed by atoms with Crippen LogP contribution in [0, 0.1) is 0 Å². The smallest absolute Gasteiger partial charge is 0.150 e. The molecule has 0 aliphatic heterocycles. The van der Waals surface area contributed by atoms with Gasteiger partial charge in [0.2, 0.25) is 0 Å². The van der Waals surface area contributed by atoms with Crippen LogP contribution >= 0.6 is 0 Å². The second kappa shape index (κ2) is 5.80. The molecule has 0 bridgehead atoms. The van der Waals surface area contributed by atoms with E-state index in [-0.39, 0.29) is 0 Å². The summed E-state index contributed by atoms with van der Waals surface area (Å²) < 4.78 is 5.85. The van der Waals surface area contributed by atoms with Crippen LogP contribution in [0.15, 0.2) is 24.3 Å². The average Bonchev–Trinajstić information content (AvgIpc) is 2.38. The molecule has 2 nitrogen and oxygen atoms in total. The molecule has 1 fully saturated rings. The fourth-order valence-corrected chi connectivity index (χ4v) is 2.14. The average molecular weight is 218 g/mol. The highest BCUT2D eigenvalue weighted by Crippen LogP contribution is 2.21. The molecule has 2 rings (SSSR count). The van der Waals surface area contributed by atoms with Crippen molar-refractivity contribution in [3.05, 3.63) is 35.4 Å². The summed E-state index contributed by atoms with van der Waals surface area (Å²) in [5.74, 6) is 0. The normalized spacial score (nSPS) is 17.2. The molecule has 0 spiro atoms. The van der Waals surface area contributed by atoms with Crippen LogP contribution in [0.2, 0.25) is 0 Å². The van der Waals surface area contributed by atoms with Gasteiger partial charge in [0.15, 0.2) is 0 Å². The van der Waals surface area contributed by atoms with Crippen molar-refractivity contribution in [1.29, 1.82) is 0 Å². The zero-order chi connectivity index (χ0) is 11.2. The van der Waals surface area contributed by atoms with Gasteiger partial charge in [-0.2, -0.15) is 0 Å². The van der Waals surface area contributed by atoms with E-state index < -0.39 is 0 Å². The first-order valence-corrected chi connectivity index (χ1v) is 6.04. The number of carbonyl (C=O) groups excluding carboxylic acids is 1. The van der Waals surface area contributed by atoms with Gasteiger partial charge in [-0.25, -0.2) is 0 Å². The summed E-state index contributed by atoms with van der Waals surface area (Å²) in [5.41, 5.74) is 1.87. The molecule has 0 unspecified atom stereocenters. The molecule has 0 amide bonds. The lowest BCUT2D eigenvalue weighted by molar-refractivity contribution is 0.0168. The Labute approximate surface area is 96.6 Å². The number of rotatable bonds is 4. The van der Waals surface area contributed by atoms with Gasteiger partial charge >= 0.3 is 0 Å². The van der Waals surface area contributed by atoms with E-state index in [1.54, 1.807) is 0 Å². The third kappa shape index (κ3) is 3.17. The van der Waals surface area contributed by atoms with Gasteiger partial charge in [0.1, 0.15) is 6.29 Å². The summed E-state index contributed by atoms with van der Waals surface area (Å²) >= 11 is 0. The molecule has 1 saturated carbocycles. The highest BCUT2D eigenvalue weighted by atomic mass is 16.5. The van der Waals surface area contributed by atoms with Crippen molar-refractivity contribution in [2.75, 3.05) is 0 Å². The van der Waals surface area contributed by atoms with Gasteiger partial charge in [-0.05, 0) is 18.4 Å². The highest BCUT2D eigenvalue weighted by molar-refractivity contribution is 5.74. The molecule has 2 heteroatoms. The molecule has 1 aliphatic carbocycles. The minimum Gasteiger partial charge on any atom is -0.374 e. The van der Waals surface area contributed by atoms with E-state index in [0.29, 0.717) is 12.7 Å². The Kier molecular flexibility index (Phi) is 4.11. The van der Waals surface area contributed by atoms with E-state index in [0.717, 1.165) is 17.4 Å². The first-order chi connectivity index (χ1) is 7.88. The Hall–Kier alpha value is -1.15.